The van der Waals surface area contributed by atoms with Crippen LogP contribution in [0.1, 0.15) is 35.0 Å². The summed E-state index contributed by atoms with van der Waals surface area (Å²) in [4.78, 5) is 51.7. The quantitative estimate of drug-likeness (QED) is 0.0219. The van der Waals surface area contributed by atoms with Crippen molar-refractivity contribution in [1.29, 1.82) is 0 Å². The third-order valence-electron chi connectivity index (χ3n) is 8.18. The molecule has 0 aliphatic heterocycles. The minimum Gasteiger partial charge on any atom is -0.753 e. The van der Waals surface area contributed by atoms with Crippen LogP contribution < -0.4 is 14.6 Å². The van der Waals surface area contributed by atoms with Crippen LogP contribution in [0.5, 0.6) is 11.5 Å². The van der Waals surface area contributed by atoms with Crippen LogP contribution in [0.2, 0.25) is 0 Å². The predicted octanol–water partition coefficient (Wildman–Crippen LogP) is 9.16. The fourth-order valence-electron chi connectivity index (χ4n) is 5.36. The summed E-state index contributed by atoms with van der Waals surface area (Å²) in [5.74, 6) is -10.9. The van der Waals surface area contributed by atoms with E-state index in [9.17, 15) is 36.3 Å². The molecule has 0 bridgehead atoms. The number of halogens is 5. The van der Waals surface area contributed by atoms with Gasteiger partial charge in [-0.05, 0) is 61.4 Å². The molecular weight excluding hydrogens is 947 g/mol. The number of carbonyl (C=O) groups excluding carboxylic acids is 2. The molecule has 1 aromatic carbocycles. The third-order valence-corrected chi connectivity index (χ3v) is 9.38. The van der Waals surface area contributed by atoms with E-state index >= 15 is 0 Å². The molecule has 0 saturated heterocycles. The van der Waals surface area contributed by atoms with Gasteiger partial charge in [0, 0.05) is 57.8 Å². The largest absolute Gasteiger partial charge is 2.00 e. The molecule has 0 amide bonds. The maximum atomic E-state index is 14.0. The van der Waals surface area contributed by atoms with E-state index in [1.54, 1.807) is 23.6 Å². The van der Waals surface area contributed by atoms with Gasteiger partial charge >= 0.3 is 25.4 Å². The Morgan fingerprint density at radius 1 is 0.790 bits per heavy atom. The van der Waals surface area contributed by atoms with Gasteiger partial charge in [-0.25, -0.2) is 31.7 Å². The molecule has 0 saturated carbocycles. The number of pyridine rings is 4. The van der Waals surface area contributed by atoms with Crippen molar-refractivity contribution in [2.45, 2.75) is 26.2 Å². The van der Waals surface area contributed by atoms with E-state index < -0.39 is 46.3 Å². The number of isothiocyanates is 1. The molecule has 0 spiro atoms. The number of ether oxygens (including phenoxy) is 2. The van der Waals surface area contributed by atoms with Crippen LogP contribution >= 0.6 is 23.6 Å². The van der Waals surface area contributed by atoms with Crippen LogP contribution in [0.15, 0.2) is 85.3 Å². The molecular formula is C41H26F5N7O6RuS2. The maximum absolute atomic E-state index is 14.0. The minimum atomic E-state index is -2.22. The van der Waals surface area contributed by atoms with E-state index in [2.05, 4.69) is 55.3 Å². The van der Waals surface area contributed by atoms with Gasteiger partial charge in [0.1, 0.15) is 11.5 Å². The first-order chi connectivity index (χ1) is 29.4. The molecule has 0 aliphatic carbocycles. The number of unbranched alkanes of at least 4 members (excludes halogenated alkanes) is 1. The smallest absolute Gasteiger partial charge is 0.753 e. The van der Waals surface area contributed by atoms with Crippen LogP contribution in [-0.4, -0.2) is 54.2 Å². The van der Waals surface area contributed by atoms with Crippen molar-refractivity contribution in [2.24, 2.45) is 0 Å². The van der Waals surface area contributed by atoms with Crippen molar-refractivity contribution in [2.75, 3.05) is 0 Å². The summed E-state index contributed by atoms with van der Waals surface area (Å²) in [5.41, 5.74) is 1.06. The van der Waals surface area contributed by atoms with Crippen molar-refractivity contribution in [3.8, 4) is 67.4 Å². The van der Waals surface area contributed by atoms with Gasteiger partial charge < -0.3 is 30.2 Å². The zero-order valence-corrected chi connectivity index (χ0v) is 34.9. The molecule has 0 atom stereocenters. The van der Waals surface area contributed by atoms with E-state index in [0.29, 0.717) is 17.1 Å². The maximum Gasteiger partial charge on any atom is 2.00 e. The number of carboxylic acids is 1. The fraction of sp³-hybridized carbons (Fsp3) is 0.0976. The molecule has 0 radical (unpaired) electrons. The second kappa shape index (κ2) is 22.7. The molecule has 62 heavy (non-hydrogen) atoms. The molecule has 0 unspecified atom stereocenters. The molecule has 0 aliphatic rings. The number of thiophene rings is 1. The van der Waals surface area contributed by atoms with Crippen LogP contribution in [0.3, 0.4) is 0 Å². The number of aryl methyl sites for hydroxylation is 1. The number of hydrogen-bond acceptors (Lipinski definition) is 12. The van der Waals surface area contributed by atoms with Gasteiger partial charge in [-0.2, -0.15) is 5.16 Å². The summed E-state index contributed by atoms with van der Waals surface area (Å²) >= 11 is 5.38. The van der Waals surface area contributed by atoms with E-state index in [1.165, 1.54) is 58.8 Å². The Balaban J connectivity index is 0.000000255. The first-order valence-corrected chi connectivity index (χ1v) is 18.6. The monoisotopic (exact) mass is 973 g/mol. The Labute approximate surface area is 370 Å². The molecule has 7 aromatic rings. The van der Waals surface area contributed by atoms with Crippen molar-refractivity contribution in [1.82, 2.24) is 30.1 Å². The molecule has 21 heteroatoms. The average Bonchev–Trinajstić information content (AvgIpc) is 3.96. The number of carboxylic acid groups (broad SMARTS) is 1. The molecule has 13 nitrogen and oxygen atoms in total. The first-order valence-electron chi connectivity index (χ1n) is 17.4. The number of thiocarbonyl (C=S) groups is 1. The van der Waals surface area contributed by atoms with Crippen LogP contribution in [-0.2, 0) is 35.5 Å². The molecule has 0 fully saturated rings. The standard InChI is InChI=1S/C22H15F5N3S.C18H11N3O6.CNS.Ru/c1-2-3-4-12-6-8-16(31-12)11-5-7-13(28-10-11)14-9-15(30-29-14)17-18(23)20(25)22(27)21(26)19(17)24;22-9-26-12-2-4-20-15(6-12)17-8-13(27-10-23)7-16(21-17)14-5-11(18(24)25)1-3-19-14;2-1-3;/h5-10H,2-4H2,1H3;1-10H,(H,24,25);;/q-1;;-1;+2. The Kier molecular flexibility index (Phi) is 17.5. The average molecular weight is 973 g/mol. The van der Waals surface area contributed by atoms with Crippen molar-refractivity contribution >= 4 is 47.6 Å². The third kappa shape index (κ3) is 11.7. The number of hydrogen-bond donors (Lipinski definition) is 1. The number of aromatic carboxylic acids is 1. The first kappa shape index (κ1) is 47.9. The second-order valence-electron chi connectivity index (χ2n) is 12.1. The summed E-state index contributed by atoms with van der Waals surface area (Å²) < 4.78 is 77.9. The summed E-state index contributed by atoms with van der Waals surface area (Å²) in [5, 5.41) is 25.0. The van der Waals surface area contributed by atoms with Gasteiger partial charge in [-0.15, -0.1) is 11.3 Å². The van der Waals surface area contributed by atoms with Gasteiger partial charge in [0.15, 0.2) is 23.3 Å². The number of rotatable bonds is 13. The Morgan fingerprint density at radius 2 is 1.39 bits per heavy atom. The van der Waals surface area contributed by atoms with Gasteiger partial charge in [-0.3, -0.25) is 24.5 Å². The van der Waals surface area contributed by atoms with Gasteiger partial charge in [-0.1, -0.05) is 31.3 Å². The Hall–Kier alpha value is -6.79. The van der Waals surface area contributed by atoms with E-state index in [0.717, 1.165) is 35.8 Å². The second-order valence-corrected chi connectivity index (χ2v) is 13.4. The van der Waals surface area contributed by atoms with Gasteiger partial charge in [0.25, 0.3) is 12.9 Å². The van der Waals surface area contributed by atoms with Crippen molar-refractivity contribution in [3.05, 3.63) is 130 Å². The van der Waals surface area contributed by atoms with Crippen molar-refractivity contribution in [3.63, 3.8) is 0 Å². The number of nitrogens with zero attached hydrogens (tertiary/aromatic N) is 7. The molecule has 316 valence electrons. The summed E-state index contributed by atoms with van der Waals surface area (Å²) in [6.45, 7) is 2.68. The molecule has 6 heterocycles. The minimum absolute atomic E-state index is 0. The van der Waals surface area contributed by atoms with Crippen molar-refractivity contribution < 1.29 is 70.4 Å². The van der Waals surface area contributed by atoms with E-state index in [-0.39, 0.29) is 66.6 Å². The number of aromatic nitrogens is 6. The Morgan fingerprint density at radius 3 is 1.98 bits per heavy atom. The molecule has 6 aromatic heterocycles. The van der Waals surface area contributed by atoms with Crippen LogP contribution in [0.4, 0.5) is 22.0 Å². The zero-order valence-electron chi connectivity index (χ0n) is 31.5. The zero-order chi connectivity index (χ0) is 44.1. The van der Waals surface area contributed by atoms with Gasteiger partial charge in [0.05, 0.1) is 39.6 Å². The Bertz CT molecular complexity index is 2710. The van der Waals surface area contributed by atoms with E-state index in [1.807, 2.05) is 12.1 Å². The number of carbonyl (C=O) groups is 3. The normalized spacial score (nSPS) is 10.2. The number of benzene rings is 1. The van der Waals surface area contributed by atoms with Crippen LogP contribution in [0.25, 0.3) is 61.3 Å². The van der Waals surface area contributed by atoms with E-state index in [4.69, 9.17) is 20.0 Å². The summed E-state index contributed by atoms with van der Waals surface area (Å²) in [7, 11) is 0. The molecule has 7 rings (SSSR count). The topological polar surface area (TPSA) is 191 Å². The summed E-state index contributed by atoms with van der Waals surface area (Å²) in [6.07, 6.45) is 7.67. The summed E-state index contributed by atoms with van der Waals surface area (Å²) in [6, 6.07) is 17.3. The van der Waals surface area contributed by atoms with Gasteiger partial charge in [0.2, 0.25) is 5.82 Å². The van der Waals surface area contributed by atoms with Crippen LogP contribution in [0, 0.1) is 29.1 Å². The predicted molar refractivity (Wildman–Crippen MR) is 215 cm³/mol. The fourth-order valence-corrected chi connectivity index (χ4v) is 6.40. The SMILES string of the molecule is CCCCc1ccc(-c2ccc(-c3cc(-c4c(F)c(F)c(F)c(F)c4F)n[n-]3)nc2)s1.O=COc1ccnc(-c2cc(OC=O)cc(-c3cc(C(=O)O)ccn3)n2)c1.[N-]=C=S.[Ru+2]. The molecule has 1 N–H and O–H groups in total.